The van der Waals surface area contributed by atoms with E-state index in [9.17, 15) is 0 Å². The summed E-state index contributed by atoms with van der Waals surface area (Å²) in [4.78, 5) is 1.00. The van der Waals surface area contributed by atoms with Crippen molar-refractivity contribution in [2.75, 3.05) is 0 Å². The van der Waals surface area contributed by atoms with E-state index < -0.39 is 0 Å². The summed E-state index contributed by atoms with van der Waals surface area (Å²) in [7, 11) is 1.87. The van der Waals surface area contributed by atoms with Crippen LogP contribution in [-0.2, 0) is 7.05 Å². The van der Waals surface area contributed by atoms with Gasteiger partial charge in [0.15, 0.2) is 0 Å². The molecule has 0 spiro atoms. The van der Waals surface area contributed by atoms with Crippen LogP contribution < -0.4 is 5.73 Å². The summed E-state index contributed by atoms with van der Waals surface area (Å²) in [6, 6.07) is -0.176. The first-order valence-electron chi connectivity index (χ1n) is 4.57. The quantitative estimate of drug-likeness (QED) is 0.878. The van der Waals surface area contributed by atoms with Gasteiger partial charge in [0.2, 0.25) is 0 Å². The van der Waals surface area contributed by atoms with E-state index in [-0.39, 0.29) is 6.04 Å². The average Bonchev–Trinajstić information content (AvgIpc) is 2.75. The lowest BCUT2D eigenvalue weighted by Gasteiger charge is -2.07. The minimum atomic E-state index is -0.176. The minimum Gasteiger partial charge on any atom is -0.319 e. The van der Waals surface area contributed by atoms with Crippen LogP contribution in [0.3, 0.4) is 0 Å². The van der Waals surface area contributed by atoms with Crippen molar-refractivity contribution in [1.29, 1.82) is 0 Å². The Hall–Kier alpha value is -0.840. The van der Waals surface area contributed by atoms with Crippen molar-refractivity contribution in [1.82, 2.24) is 9.78 Å². The second kappa shape index (κ2) is 3.96. The van der Waals surface area contributed by atoms with Crippen molar-refractivity contribution in [3.05, 3.63) is 38.8 Å². The molecule has 80 valence electrons. The van der Waals surface area contributed by atoms with Crippen LogP contribution in [0, 0.1) is 6.92 Å². The molecule has 3 nitrogen and oxygen atoms in total. The lowest BCUT2D eigenvalue weighted by molar-refractivity contribution is 0.765. The molecule has 0 aliphatic rings. The third-order valence-electron chi connectivity index (χ3n) is 2.29. The van der Waals surface area contributed by atoms with Crippen LogP contribution in [0.2, 0.25) is 5.02 Å². The molecule has 1 atom stereocenters. The highest BCUT2D eigenvalue weighted by Gasteiger charge is 2.17. The molecule has 15 heavy (non-hydrogen) atoms. The van der Waals surface area contributed by atoms with E-state index in [1.54, 1.807) is 22.2 Å². The van der Waals surface area contributed by atoms with E-state index in [0.717, 1.165) is 21.0 Å². The summed E-state index contributed by atoms with van der Waals surface area (Å²) >= 11 is 7.76. The monoisotopic (exact) mass is 241 g/mol. The lowest BCUT2D eigenvalue weighted by atomic mass is 10.1. The highest BCUT2D eigenvalue weighted by atomic mass is 35.5. The normalized spacial score (nSPS) is 13.1. The number of aryl methyl sites for hydroxylation is 2. The van der Waals surface area contributed by atoms with Gasteiger partial charge in [-0.05, 0) is 17.9 Å². The molecule has 2 aromatic rings. The Bertz CT molecular complexity index is 475. The van der Waals surface area contributed by atoms with Gasteiger partial charge >= 0.3 is 0 Å². The first-order chi connectivity index (χ1) is 7.09. The van der Waals surface area contributed by atoms with Gasteiger partial charge in [-0.1, -0.05) is 11.6 Å². The molecule has 0 fully saturated rings. The molecule has 0 aliphatic carbocycles. The summed E-state index contributed by atoms with van der Waals surface area (Å²) in [5.74, 6) is 0. The van der Waals surface area contributed by atoms with Gasteiger partial charge in [0.25, 0.3) is 0 Å². The lowest BCUT2D eigenvalue weighted by Crippen LogP contribution is -2.09. The van der Waals surface area contributed by atoms with Gasteiger partial charge in [-0.25, -0.2) is 0 Å². The van der Waals surface area contributed by atoms with Crippen LogP contribution >= 0.6 is 22.9 Å². The Kier molecular flexibility index (Phi) is 2.82. The van der Waals surface area contributed by atoms with Gasteiger partial charge in [0.05, 0.1) is 17.3 Å². The molecule has 0 saturated carbocycles. The van der Waals surface area contributed by atoms with Gasteiger partial charge in [-0.2, -0.15) is 5.10 Å². The number of nitrogens with two attached hydrogens (primary N) is 1. The molecule has 5 heteroatoms. The number of hydrogen-bond donors (Lipinski definition) is 1. The highest BCUT2D eigenvalue weighted by molar-refractivity contribution is 7.10. The smallest absolute Gasteiger partial charge is 0.0692 e. The zero-order valence-electron chi connectivity index (χ0n) is 8.57. The Morgan fingerprint density at radius 3 is 2.80 bits per heavy atom. The summed E-state index contributed by atoms with van der Waals surface area (Å²) in [5.41, 5.74) is 8.18. The molecule has 2 aromatic heterocycles. The van der Waals surface area contributed by atoms with E-state index in [1.807, 2.05) is 25.5 Å². The maximum absolute atomic E-state index is 6.16. The molecule has 2 heterocycles. The van der Waals surface area contributed by atoms with Gasteiger partial charge in [0.1, 0.15) is 0 Å². The second-order valence-corrected chi connectivity index (χ2v) is 4.81. The van der Waals surface area contributed by atoms with Crippen molar-refractivity contribution in [3.8, 4) is 0 Å². The maximum Gasteiger partial charge on any atom is 0.0692 e. The second-order valence-electron chi connectivity index (χ2n) is 3.52. The summed E-state index contributed by atoms with van der Waals surface area (Å²) in [5, 5.41) is 6.89. The van der Waals surface area contributed by atoms with Crippen LogP contribution in [0.25, 0.3) is 0 Å². The number of halogens is 1. The van der Waals surface area contributed by atoms with Crippen LogP contribution in [0.5, 0.6) is 0 Å². The minimum absolute atomic E-state index is 0.176. The molecule has 2 N–H and O–H groups in total. The van der Waals surface area contributed by atoms with Crippen LogP contribution in [0.1, 0.15) is 22.0 Å². The van der Waals surface area contributed by atoms with Crippen molar-refractivity contribution >= 4 is 22.9 Å². The Morgan fingerprint density at radius 1 is 1.60 bits per heavy atom. The number of nitrogens with zero attached hydrogens (tertiary/aromatic N) is 2. The number of rotatable bonds is 2. The van der Waals surface area contributed by atoms with Crippen molar-refractivity contribution in [3.63, 3.8) is 0 Å². The zero-order valence-corrected chi connectivity index (χ0v) is 10.1. The van der Waals surface area contributed by atoms with Gasteiger partial charge in [-0.15, -0.1) is 11.3 Å². The number of hydrogen-bond acceptors (Lipinski definition) is 3. The fourth-order valence-electron chi connectivity index (χ4n) is 1.41. The van der Waals surface area contributed by atoms with Gasteiger partial charge in [0, 0.05) is 23.7 Å². The third kappa shape index (κ3) is 1.93. The van der Waals surface area contributed by atoms with Crippen molar-refractivity contribution in [2.45, 2.75) is 13.0 Å². The molecular weight excluding hydrogens is 230 g/mol. The summed E-state index contributed by atoms with van der Waals surface area (Å²) < 4.78 is 1.74. The van der Waals surface area contributed by atoms with Gasteiger partial charge in [-0.3, -0.25) is 4.68 Å². The Labute approximate surface area is 97.5 Å². The molecule has 1 unspecified atom stereocenters. The number of thiophene rings is 1. The fourth-order valence-corrected chi connectivity index (χ4v) is 2.75. The van der Waals surface area contributed by atoms with E-state index in [4.69, 9.17) is 17.3 Å². The van der Waals surface area contributed by atoms with E-state index in [1.165, 1.54) is 0 Å². The molecule has 0 aliphatic heterocycles. The van der Waals surface area contributed by atoms with Crippen molar-refractivity contribution < 1.29 is 0 Å². The third-order valence-corrected chi connectivity index (χ3v) is 4.09. The Balaban J connectivity index is 2.36. The van der Waals surface area contributed by atoms with Gasteiger partial charge < -0.3 is 5.73 Å². The fraction of sp³-hybridized carbons (Fsp3) is 0.300. The topological polar surface area (TPSA) is 43.8 Å². The first kappa shape index (κ1) is 10.7. The number of aromatic nitrogens is 2. The molecule has 0 amide bonds. The molecular formula is C10H12ClN3S. The highest BCUT2D eigenvalue weighted by Crippen LogP contribution is 2.34. The molecule has 0 bridgehead atoms. The van der Waals surface area contributed by atoms with Crippen LogP contribution in [0.4, 0.5) is 0 Å². The predicted octanol–water partition coefficient (Wildman–Crippen LogP) is 2.49. The van der Waals surface area contributed by atoms with Crippen molar-refractivity contribution in [2.24, 2.45) is 12.8 Å². The average molecular weight is 242 g/mol. The van der Waals surface area contributed by atoms with E-state index in [2.05, 4.69) is 5.10 Å². The largest absolute Gasteiger partial charge is 0.319 e. The van der Waals surface area contributed by atoms with E-state index >= 15 is 0 Å². The standard InChI is InChI=1S/C10H12ClN3S/c1-6-5-15-10(8(6)11)9(12)7-3-13-14(2)4-7/h3-5,9H,12H2,1-2H3. The molecule has 2 rings (SSSR count). The SMILES string of the molecule is Cc1csc(C(N)c2cnn(C)c2)c1Cl. The maximum atomic E-state index is 6.16. The van der Waals surface area contributed by atoms with E-state index in [0.29, 0.717) is 0 Å². The summed E-state index contributed by atoms with van der Waals surface area (Å²) in [6.45, 7) is 1.98. The molecule has 0 aromatic carbocycles. The van der Waals surface area contributed by atoms with Crippen LogP contribution in [-0.4, -0.2) is 9.78 Å². The predicted molar refractivity (Wildman–Crippen MR) is 63.3 cm³/mol. The zero-order chi connectivity index (χ0) is 11.0. The first-order valence-corrected chi connectivity index (χ1v) is 5.83. The molecule has 0 radical (unpaired) electrons. The Morgan fingerprint density at radius 2 is 2.33 bits per heavy atom. The molecule has 0 saturated heterocycles. The summed E-state index contributed by atoms with van der Waals surface area (Å²) in [6.07, 6.45) is 3.69. The van der Waals surface area contributed by atoms with Crippen LogP contribution in [0.15, 0.2) is 17.8 Å².